The van der Waals surface area contributed by atoms with Gasteiger partial charge in [0, 0.05) is 18.8 Å². The zero-order valence-electron chi connectivity index (χ0n) is 13.9. The number of benzene rings is 1. The van der Waals surface area contributed by atoms with Crippen molar-refractivity contribution < 1.29 is 9.53 Å². The van der Waals surface area contributed by atoms with E-state index < -0.39 is 0 Å². The fraction of sp³-hybridized carbons (Fsp3) is 0.105. The number of thiazole rings is 1. The number of nitrogens with zero attached hydrogens (tertiary/aromatic N) is 2. The number of aromatic nitrogens is 2. The van der Waals surface area contributed by atoms with Crippen LogP contribution in [0.25, 0.3) is 20.1 Å². The first-order chi connectivity index (χ1) is 12.7. The van der Waals surface area contributed by atoms with Gasteiger partial charge in [0.2, 0.25) is 5.88 Å². The van der Waals surface area contributed by atoms with Crippen LogP contribution in [0, 0.1) is 0 Å². The van der Waals surface area contributed by atoms with Crippen molar-refractivity contribution in [3.05, 3.63) is 65.2 Å². The van der Waals surface area contributed by atoms with E-state index in [4.69, 9.17) is 4.74 Å². The molecule has 0 radical (unpaired) electrons. The molecule has 0 aliphatic carbocycles. The van der Waals surface area contributed by atoms with Gasteiger partial charge in [0.15, 0.2) is 0 Å². The van der Waals surface area contributed by atoms with Gasteiger partial charge >= 0.3 is 0 Å². The molecule has 0 bridgehead atoms. The van der Waals surface area contributed by atoms with Crippen LogP contribution in [0.3, 0.4) is 0 Å². The third-order valence-corrected chi connectivity index (χ3v) is 6.08. The summed E-state index contributed by atoms with van der Waals surface area (Å²) in [5.41, 5.74) is 1.90. The Bertz CT molecular complexity index is 1020. The molecule has 3 aromatic heterocycles. The third-order valence-electron chi connectivity index (χ3n) is 3.79. The van der Waals surface area contributed by atoms with E-state index in [9.17, 15) is 4.79 Å². The average molecular weight is 381 g/mol. The first kappa shape index (κ1) is 16.7. The quantitative estimate of drug-likeness (QED) is 0.558. The zero-order valence-corrected chi connectivity index (χ0v) is 15.6. The molecular formula is C19H15N3O2S2. The molecule has 0 aliphatic rings. The average Bonchev–Trinajstić information content (AvgIpc) is 3.33. The summed E-state index contributed by atoms with van der Waals surface area (Å²) in [7, 11) is 1.57. The lowest BCUT2D eigenvalue weighted by atomic mass is 10.3. The molecule has 0 fully saturated rings. The van der Waals surface area contributed by atoms with E-state index in [1.807, 2.05) is 36.4 Å². The number of thiophene rings is 1. The second-order valence-corrected chi connectivity index (χ2v) is 7.66. The molecule has 0 aliphatic heterocycles. The predicted octanol–water partition coefficient (Wildman–Crippen LogP) is 4.36. The molecule has 0 atom stereocenters. The highest BCUT2D eigenvalue weighted by atomic mass is 32.1. The van der Waals surface area contributed by atoms with E-state index in [1.54, 1.807) is 30.7 Å². The van der Waals surface area contributed by atoms with Crippen LogP contribution in [-0.4, -0.2) is 23.0 Å². The molecule has 0 saturated carbocycles. The fourth-order valence-electron chi connectivity index (χ4n) is 2.46. The number of nitrogens with one attached hydrogen (secondary N) is 1. The van der Waals surface area contributed by atoms with Gasteiger partial charge in [0.1, 0.15) is 5.01 Å². The fourth-order valence-corrected chi connectivity index (χ4v) is 4.40. The van der Waals surface area contributed by atoms with Crippen molar-refractivity contribution >= 4 is 38.8 Å². The number of fused-ring (bicyclic) bond motifs is 1. The van der Waals surface area contributed by atoms with Crippen LogP contribution in [0.2, 0.25) is 0 Å². The highest BCUT2D eigenvalue weighted by Crippen LogP contribution is 2.34. The van der Waals surface area contributed by atoms with Crippen LogP contribution in [0.4, 0.5) is 0 Å². The second-order valence-electron chi connectivity index (χ2n) is 5.54. The summed E-state index contributed by atoms with van der Waals surface area (Å²) in [6, 6.07) is 15.5. The summed E-state index contributed by atoms with van der Waals surface area (Å²) in [6.45, 7) is 0.421. The van der Waals surface area contributed by atoms with Crippen molar-refractivity contribution in [1.29, 1.82) is 0 Å². The van der Waals surface area contributed by atoms with Crippen LogP contribution in [0.15, 0.2) is 54.7 Å². The van der Waals surface area contributed by atoms with Crippen molar-refractivity contribution in [2.75, 3.05) is 7.11 Å². The lowest BCUT2D eigenvalue weighted by Crippen LogP contribution is -2.21. The summed E-state index contributed by atoms with van der Waals surface area (Å²) in [4.78, 5) is 22.8. The van der Waals surface area contributed by atoms with Crippen LogP contribution in [0.1, 0.15) is 15.2 Å². The number of ether oxygens (including phenoxy) is 1. The smallest absolute Gasteiger partial charge is 0.261 e. The van der Waals surface area contributed by atoms with Crippen molar-refractivity contribution in [2.24, 2.45) is 0 Å². The molecule has 7 heteroatoms. The van der Waals surface area contributed by atoms with Crippen molar-refractivity contribution in [3.8, 4) is 15.8 Å². The van der Waals surface area contributed by atoms with Gasteiger partial charge in [-0.25, -0.2) is 9.97 Å². The van der Waals surface area contributed by atoms with Gasteiger partial charge in [-0.05, 0) is 29.8 Å². The summed E-state index contributed by atoms with van der Waals surface area (Å²) >= 11 is 3.09. The van der Waals surface area contributed by atoms with Gasteiger partial charge in [-0.15, -0.1) is 22.7 Å². The number of hydrogen-bond donors (Lipinski definition) is 1. The Kier molecular flexibility index (Phi) is 4.64. The molecular weight excluding hydrogens is 366 g/mol. The molecule has 1 aromatic carbocycles. The Labute approximate surface area is 158 Å². The Morgan fingerprint density at radius 2 is 2.00 bits per heavy atom. The summed E-state index contributed by atoms with van der Waals surface area (Å²) in [5.74, 6) is 0.456. The number of para-hydroxylation sites is 1. The van der Waals surface area contributed by atoms with E-state index in [0.717, 1.165) is 25.7 Å². The molecule has 1 amide bonds. The third kappa shape index (κ3) is 3.44. The Morgan fingerprint density at radius 1 is 1.12 bits per heavy atom. The van der Waals surface area contributed by atoms with Gasteiger partial charge in [-0.1, -0.05) is 18.2 Å². The monoisotopic (exact) mass is 381 g/mol. The van der Waals surface area contributed by atoms with E-state index in [2.05, 4.69) is 21.4 Å². The maximum atomic E-state index is 12.4. The minimum absolute atomic E-state index is 0.0989. The van der Waals surface area contributed by atoms with Crippen molar-refractivity contribution in [2.45, 2.75) is 6.54 Å². The topological polar surface area (TPSA) is 64.1 Å². The standard InChI is InChI=1S/C19H15N3O2S2/c1-24-17-9-6-12(10-20-17)11-21-18(23)15-7-8-16(25-15)19-22-13-4-2-3-5-14(13)26-19/h2-10H,11H2,1H3,(H,21,23). The van der Waals surface area contributed by atoms with E-state index in [0.29, 0.717) is 17.3 Å². The molecule has 0 spiro atoms. The molecule has 5 nitrogen and oxygen atoms in total. The number of carbonyl (C=O) groups is 1. The van der Waals surface area contributed by atoms with Gasteiger partial charge in [0.25, 0.3) is 5.91 Å². The number of methoxy groups -OCH3 is 1. The Hall–Kier alpha value is -2.77. The molecule has 0 saturated heterocycles. The van der Waals surface area contributed by atoms with Crippen molar-refractivity contribution in [1.82, 2.24) is 15.3 Å². The lowest BCUT2D eigenvalue weighted by molar-refractivity contribution is 0.0955. The zero-order chi connectivity index (χ0) is 17.9. The van der Waals surface area contributed by atoms with Crippen LogP contribution in [-0.2, 0) is 6.54 Å². The van der Waals surface area contributed by atoms with E-state index in [-0.39, 0.29) is 5.91 Å². The minimum Gasteiger partial charge on any atom is -0.481 e. The maximum Gasteiger partial charge on any atom is 0.261 e. The first-order valence-corrected chi connectivity index (χ1v) is 9.59. The summed E-state index contributed by atoms with van der Waals surface area (Å²) in [5, 5.41) is 3.86. The van der Waals surface area contributed by atoms with E-state index >= 15 is 0 Å². The molecule has 3 heterocycles. The number of amides is 1. The summed E-state index contributed by atoms with van der Waals surface area (Å²) in [6.07, 6.45) is 1.69. The van der Waals surface area contributed by atoms with Gasteiger partial charge in [-0.3, -0.25) is 4.79 Å². The number of hydrogen-bond acceptors (Lipinski definition) is 6. The largest absolute Gasteiger partial charge is 0.481 e. The van der Waals surface area contributed by atoms with Crippen LogP contribution < -0.4 is 10.1 Å². The number of rotatable bonds is 5. The summed E-state index contributed by atoms with van der Waals surface area (Å²) < 4.78 is 6.18. The highest BCUT2D eigenvalue weighted by molar-refractivity contribution is 7.26. The van der Waals surface area contributed by atoms with Crippen molar-refractivity contribution in [3.63, 3.8) is 0 Å². The molecule has 1 N–H and O–H groups in total. The molecule has 130 valence electrons. The minimum atomic E-state index is -0.0989. The number of carbonyl (C=O) groups excluding carboxylic acids is 1. The molecule has 26 heavy (non-hydrogen) atoms. The highest BCUT2D eigenvalue weighted by Gasteiger charge is 2.13. The van der Waals surface area contributed by atoms with Crippen LogP contribution >= 0.6 is 22.7 Å². The van der Waals surface area contributed by atoms with Gasteiger partial charge in [-0.2, -0.15) is 0 Å². The normalized spacial score (nSPS) is 10.8. The maximum absolute atomic E-state index is 12.4. The first-order valence-electron chi connectivity index (χ1n) is 7.96. The Balaban J connectivity index is 1.45. The lowest BCUT2D eigenvalue weighted by Gasteiger charge is -2.04. The molecule has 0 unspecified atom stereocenters. The van der Waals surface area contributed by atoms with Gasteiger partial charge in [0.05, 0.1) is 27.1 Å². The Morgan fingerprint density at radius 3 is 2.77 bits per heavy atom. The van der Waals surface area contributed by atoms with Crippen LogP contribution in [0.5, 0.6) is 5.88 Å². The molecule has 4 aromatic rings. The second kappa shape index (κ2) is 7.23. The predicted molar refractivity (Wildman–Crippen MR) is 105 cm³/mol. The molecule has 4 rings (SSSR count). The SMILES string of the molecule is COc1ccc(CNC(=O)c2ccc(-c3nc4ccccc4s3)s2)cn1. The van der Waals surface area contributed by atoms with Gasteiger partial charge < -0.3 is 10.1 Å². The number of pyridine rings is 1. The van der Waals surface area contributed by atoms with E-state index in [1.165, 1.54) is 11.3 Å².